The van der Waals surface area contributed by atoms with E-state index in [0.717, 1.165) is 34.2 Å². The molecule has 3 nitrogen and oxygen atoms in total. The summed E-state index contributed by atoms with van der Waals surface area (Å²) in [6.07, 6.45) is 6.85. The summed E-state index contributed by atoms with van der Waals surface area (Å²) >= 11 is 0. The Morgan fingerprint density at radius 2 is 1.82 bits per heavy atom. The van der Waals surface area contributed by atoms with Gasteiger partial charge in [-0.1, -0.05) is 65.0 Å². The van der Waals surface area contributed by atoms with Gasteiger partial charge in [0.15, 0.2) is 6.20 Å². The summed E-state index contributed by atoms with van der Waals surface area (Å²) in [5.41, 5.74) is 5.79. The number of furan rings is 1. The molecule has 1 aliphatic rings. The second-order valence-electron chi connectivity index (χ2n) is 10.7. The third kappa shape index (κ3) is 4.07. The zero-order valence-corrected chi connectivity index (χ0v) is 20.7. The van der Waals surface area contributed by atoms with Crippen LogP contribution in [0.25, 0.3) is 32.9 Å². The number of pyridine rings is 1. The van der Waals surface area contributed by atoms with E-state index in [1.807, 2.05) is 16.6 Å². The Kier molecular flexibility index (Phi) is 5.44. The average Bonchev–Trinajstić information content (AvgIpc) is 3.20. The van der Waals surface area contributed by atoms with Crippen LogP contribution < -0.4 is 9.46 Å². The smallest absolute Gasteiger partial charge is 0.217 e. The molecule has 2 aromatic carbocycles. The molecule has 0 atom stereocenters. The largest absolute Gasteiger partial charge is 0.633 e. The highest BCUT2D eigenvalue weighted by atomic mass is 16.4. The first-order valence-corrected chi connectivity index (χ1v) is 12.0. The van der Waals surface area contributed by atoms with Crippen LogP contribution >= 0.6 is 0 Å². The molecular formula is C31H32N2O. The van der Waals surface area contributed by atoms with Gasteiger partial charge in [0.2, 0.25) is 5.69 Å². The van der Waals surface area contributed by atoms with Gasteiger partial charge in [-0.3, -0.25) is 0 Å². The minimum absolute atomic E-state index is 0.0279. The molecule has 34 heavy (non-hydrogen) atoms. The molecule has 0 spiro atoms. The number of hydrogen-bond acceptors (Lipinski definition) is 1. The maximum atomic E-state index is 6.05. The standard InChI is InChI=1S/C31H32N2O/c1-20(2)15-24-19-27-25(11-13-32-30(27)34-24)22-12-14-33(6)29(18-22)23-16-21-9-7-8-10-26(21)28(17-23)31(3,4)5/h7-14,16-20H,6,15H2,1-5H3. The van der Waals surface area contributed by atoms with Gasteiger partial charge in [0, 0.05) is 35.6 Å². The quantitative estimate of drug-likeness (QED) is 0.304. The van der Waals surface area contributed by atoms with E-state index in [0.29, 0.717) is 11.8 Å². The minimum atomic E-state index is 0.0279. The van der Waals surface area contributed by atoms with E-state index < -0.39 is 0 Å². The number of rotatable bonds is 3. The highest BCUT2D eigenvalue weighted by Crippen LogP contribution is 2.38. The maximum Gasteiger partial charge on any atom is 0.217 e. The first-order chi connectivity index (χ1) is 16.2. The summed E-state index contributed by atoms with van der Waals surface area (Å²) in [6.45, 7) is 15.5. The average molecular weight is 449 g/mol. The Labute approximate surface area is 201 Å². The Bertz CT molecular complexity index is 1530. The highest BCUT2D eigenvalue weighted by Gasteiger charge is 2.20. The summed E-state index contributed by atoms with van der Waals surface area (Å²) in [7, 11) is 0. The van der Waals surface area contributed by atoms with Gasteiger partial charge in [0.05, 0.1) is 0 Å². The molecule has 172 valence electrons. The van der Waals surface area contributed by atoms with Gasteiger partial charge in [-0.2, -0.15) is 10.4 Å². The van der Waals surface area contributed by atoms with Crippen LogP contribution in [0.15, 0.2) is 77.5 Å². The molecule has 1 aliphatic heterocycles. The number of benzene rings is 2. The van der Waals surface area contributed by atoms with Crippen LogP contribution in [0.1, 0.15) is 51.5 Å². The van der Waals surface area contributed by atoms with Crippen molar-refractivity contribution in [1.29, 1.82) is 0 Å². The molecule has 0 amide bonds. The van der Waals surface area contributed by atoms with Crippen LogP contribution in [-0.4, -0.2) is 0 Å². The number of hydrogen-bond donors (Lipinski definition) is 0. The second kappa shape index (κ2) is 8.32. The molecule has 0 radical (unpaired) electrons. The highest BCUT2D eigenvalue weighted by molar-refractivity contribution is 5.91. The molecule has 0 N–H and O–H groups in total. The molecule has 0 saturated heterocycles. The summed E-state index contributed by atoms with van der Waals surface area (Å²) in [4.78, 5) is 0. The van der Waals surface area contributed by atoms with Crippen molar-refractivity contribution in [2.24, 2.45) is 5.92 Å². The van der Waals surface area contributed by atoms with Crippen molar-refractivity contribution in [2.45, 2.75) is 46.5 Å². The van der Waals surface area contributed by atoms with Crippen molar-refractivity contribution < 1.29 is 8.66 Å². The normalized spacial score (nSPS) is 15.0. The fourth-order valence-electron chi connectivity index (χ4n) is 4.77. The number of nitrogens with zero attached hydrogens (tertiary/aromatic N) is 2. The molecule has 0 unspecified atom stereocenters. The van der Waals surface area contributed by atoms with Crippen molar-refractivity contribution in [2.75, 3.05) is 0 Å². The molecule has 4 aromatic rings. The monoisotopic (exact) mass is 448 g/mol. The second-order valence-corrected chi connectivity index (χ2v) is 10.7. The van der Waals surface area contributed by atoms with Crippen molar-refractivity contribution >= 4 is 22.2 Å². The van der Waals surface area contributed by atoms with Crippen molar-refractivity contribution in [3.63, 3.8) is 0 Å². The van der Waals surface area contributed by atoms with E-state index in [4.69, 9.17) is 4.42 Å². The van der Waals surface area contributed by atoms with E-state index in [1.54, 1.807) is 0 Å². The number of aromatic nitrogens is 1. The predicted octanol–water partition coefficient (Wildman–Crippen LogP) is 7.25. The van der Waals surface area contributed by atoms with Crippen LogP contribution in [0, 0.1) is 12.6 Å². The third-order valence-corrected chi connectivity index (χ3v) is 6.41. The fraction of sp³-hybridized carbons (Fsp3) is 0.258. The molecule has 0 bridgehead atoms. The molecular weight excluding hydrogens is 416 g/mol. The number of allylic oxidation sites excluding steroid dienone is 1. The topological polar surface area (TPSA) is 33.1 Å². The van der Waals surface area contributed by atoms with Crippen LogP contribution in [0.3, 0.4) is 0 Å². The Hall–Kier alpha value is -3.59. The maximum absolute atomic E-state index is 6.05. The molecule has 0 fully saturated rings. The van der Waals surface area contributed by atoms with Crippen LogP contribution in [0.2, 0.25) is 0 Å². The van der Waals surface area contributed by atoms with E-state index >= 15 is 0 Å². The van der Waals surface area contributed by atoms with Crippen LogP contribution in [-0.2, 0) is 11.8 Å². The summed E-state index contributed by atoms with van der Waals surface area (Å²) in [6, 6.07) is 19.7. The van der Waals surface area contributed by atoms with Crippen LogP contribution in [0.4, 0.5) is 5.88 Å². The summed E-state index contributed by atoms with van der Waals surface area (Å²) in [5.74, 6) is 2.21. The summed E-state index contributed by atoms with van der Waals surface area (Å²) in [5, 5.41) is 8.16. The van der Waals surface area contributed by atoms with Gasteiger partial charge in [0.1, 0.15) is 12.5 Å². The zero-order valence-electron chi connectivity index (χ0n) is 20.7. The molecule has 3 heteroatoms. The first-order valence-electron chi connectivity index (χ1n) is 12.0. The van der Waals surface area contributed by atoms with Crippen molar-refractivity contribution in [3.05, 3.63) is 107 Å². The lowest BCUT2D eigenvalue weighted by Crippen LogP contribution is -2.22. The zero-order chi connectivity index (χ0) is 24.0. The molecule has 0 aliphatic carbocycles. The van der Waals surface area contributed by atoms with Gasteiger partial charge in [-0.25, -0.2) is 0 Å². The lowest BCUT2D eigenvalue weighted by molar-refractivity contribution is -0.486. The van der Waals surface area contributed by atoms with E-state index in [9.17, 15) is 0 Å². The SMILES string of the molecule is C=[n+]1ccc(=C2C=C[N-]c3oc(CC(C)C)cc32)cc1-c1cc(C(C)(C)C)c2ccccc2c1. The Morgan fingerprint density at radius 1 is 1.03 bits per heavy atom. The van der Waals surface area contributed by atoms with Crippen LogP contribution in [0.5, 0.6) is 0 Å². The van der Waals surface area contributed by atoms with Crippen molar-refractivity contribution in [1.82, 2.24) is 0 Å². The molecule has 3 heterocycles. The molecule has 0 saturated carbocycles. The van der Waals surface area contributed by atoms with Crippen molar-refractivity contribution in [3.8, 4) is 11.3 Å². The fourth-order valence-corrected chi connectivity index (χ4v) is 4.77. The third-order valence-electron chi connectivity index (χ3n) is 6.41. The molecule has 2 aromatic heterocycles. The first kappa shape index (κ1) is 22.2. The van der Waals surface area contributed by atoms with E-state index in [1.165, 1.54) is 21.9 Å². The van der Waals surface area contributed by atoms with E-state index in [2.05, 4.69) is 107 Å². The predicted molar refractivity (Wildman–Crippen MR) is 141 cm³/mol. The molecule has 5 rings (SSSR count). The lowest BCUT2D eigenvalue weighted by Gasteiger charge is -2.22. The Morgan fingerprint density at radius 3 is 2.59 bits per heavy atom. The Balaban J connectivity index is 1.72. The lowest BCUT2D eigenvalue weighted by atomic mass is 9.82. The summed E-state index contributed by atoms with van der Waals surface area (Å²) < 4.78 is 8.01. The van der Waals surface area contributed by atoms with Gasteiger partial charge in [-0.05, 0) is 56.7 Å². The number of fused-ring (bicyclic) bond motifs is 2. The van der Waals surface area contributed by atoms with Gasteiger partial charge < -0.3 is 9.73 Å². The minimum Gasteiger partial charge on any atom is -0.633 e. The van der Waals surface area contributed by atoms with Gasteiger partial charge in [0.25, 0.3) is 0 Å². The van der Waals surface area contributed by atoms with Gasteiger partial charge in [-0.15, -0.1) is 0 Å². The van der Waals surface area contributed by atoms with E-state index in [-0.39, 0.29) is 5.41 Å². The van der Waals surface area contributed by atoms with Gasteiger partial charge >= 0.3 is 0 Å².